The molecule has 0 saturated heterocycles. The maximum absolute atomic E-state index is 4.24. The quantitative estimate of drug-likeness (QED) is 0.156. The Labute approximate surface area is 509 Å². The molecule has 0 aliphatic rings. The van der Waals surface area contributed by atoms with Crippen LogP contribution < -0.4 is 0 Å². The van der Waals surface area contributed by atoms with E-state index >= 15 is 0 Å². The molecule has 85 heavy (non-hydrogen) atoms. The highest BCUT2D eigenvalue weighted by Crippen LogP contribution is 2.50. The summed E-state index contributed by atoms with van der Waals surface area (Å²) in [5.41, 5.74) is 29.2. The van der Waals surface area contributed by atoms with E-state index in [1.165, 1.54) is 133 Å². The highest BCUT2D eigenvalue weighted by atomic mass is 14.7. The molecule has 1 aromatic heterocycles. The first-order valence-electron chi connectivity index (χ1n) is 31.0. The van der Waals surface area contributed by atoms with Gasteiger partial charge in [0.15, 0.2) is 0 Å². The molecule has 10 aromatic carbocycles. The topological polar surface area (TPSA) is 15.8 Å². The van der Waals surface area contributed by atoms with Gasteiger partial charge in [-0.25, -0.2) is 0 Å². The third kappa shape index (κ3) is 11.8. The van der Waals surface area contributed by atoms with Crippen LogP contribution >= 0.6 is 0 Å². The van der Waals surface area contributed by atoms with Crippen LogP contribution in [0.2, 0.25) is 0 Å². The van der Waals surface area contributed by atoms with Gasteiger partial charge in [-0.1, -0.05) is 307 Å². The molecule has 0 bridgehead atoms. The standard InChI is InChI=1S/C84H89N/c1-79(2,3)61-41-37-53(38-42-61)71-49-59(75-67(55-25-19-29-63(45-55)81(7,8)9)33-23-34-68(75)56-26-20-30-64(46-56)82(10,11)12)51-73-74-52-60(50-72(78(74)85-77(71)73)54-39-43-62(44-40-54)80(4,5)6)76-69(57-27-21-31-65(47-57)83(13,14)15)35-24-36-70(76)58-28-22-32-66(48-58)84(16,17)18/h19-52,85H,1-18H3. The Morgan fingerprint density at radius 3 is 0.694 bits per heavy atom. The van der Waals surface area contributed by atoms with Crippen molar-refractivity contribution in [1.82, 2.24) is 4.98 Å². The number of hydrogen-bond acceptors (Lipinski definition) is 0. The molecule has 0 amide bonds. The van der Waals surface area contributed by atoms with Crippen LogP contribution in [0.5, 0.6) is 0 Å². The molecule has 11 rings (SSSR count). The van der Waals surface area contributed by atoms with Crippen molar-refractivity contribution in [2.24, 2.45) is 0 Å². The van der Waals surface area contributed by atoms with Gasteiger partial charge in [0.25, 0.3) is 0 Å². The van der Waals surface area contributed by atoms with Gasteiger partial charge >= 0.3 is 0 Å². The number of fused-ring (bicyclic) bond motifs is 3. The third-order valence-electron chi connectivity index (χ3n) is 17.8. The average Bonchev–Trinajstić information content (AvgIpc) is 1.92. The van der Waals surface area contributed by atoms with Crippen LogP contribution in [0, 0.1) is 0 Å². The van der Waals surface area contributed by atoms with E-state index in [0.717, 1.165) is 11.0 Å². The maximum atomic E-state index is 4.24. The van der Waals surface area contributed by atoms with Crippen molar-refractivity contribution < 1.29 is 0 Å². The molecule has 1 heterocycles. The number of aromatic nitrogens is 1. The molecule has 0 spiro atoms. The summed E-state index contributed by atoms with van der Waals surface area (Å²) in [6, 6.07) is 79.9. The summed E-state index contributed by atoms with van der Waals surface area (Å²) in [6.07, 6.45) is 0. The van der Waals surface area contributed by atoms with Gasteiger partial charge in [0.05, 0.1) is 11.0 Å². The summed E-state index contributed by atoms with van der Waals surface area (Å²) in [6.45, 7) is 41.6. The van der Waals surface area contributed by atoms with E-state index in [1.807, 2.05) is 0 Å². The number of hydrogen-bond donors (Lipinski definition) is 1. The first kappa shape index (κ1) is 58.8. The van der Waals surface area contributed by atoms with E-state index < -0.39 is 0 Å². The zero-order chi connectivity index (χ0) is 60.8. The van der Waals surface area contributed by atoms with E-state index in [1.54, 1.807) is 0 Å². The molecule has 0 aliphatic heterocycles. The summed E-state index contributed by atoms with van der Waals surface area (Å²) in [5, 5.41) is 2.38. The Morgan fingerprint density at radius 1 is 0.200 bits per heavy atom. The smallest absolute Gasteiger partial charge is 0.0545 e. The Bertz CT molecular complexity index is 3870. The molecule has 0 atom stereocenters. The van der Waals surface area contributed by atoms with E-state index in [-0.39, 0.29) is 32.5 Å². The Morgan fingerprint density at radius 2 is 0.447 bits per heavy atom. The fraction of sp³-hybridized carbons (Fsp3) is 0.286. The van der Waals surface area contributed by atoms with Crippen LogP contribution in [0.1, 0.15) is 158 Å². The molecule has 0 aliphatic carbocycles. The molecule has 1 N–H and O–H groups in total. The van der Waals surface area contributed by atoms with E-state index in [0.29, 0.717) is 0 Å². The third-order valence-corrected chi connectivity index (χ3v) is 17.8. The van der Waals surface area contributed by atoms with Crippen LogP contribution in [0.4, 0.5) is 0 Å². The van der Waals surface area contributed by atoms with Gasteiger partial charge in [0.1, 0.15) is 0 Å². The van der Waals surface area contributed by atoms with E-state index in [9.17, 15) is 0 Å². The Balaban J connectivity index is 1.31. The minimum absolute atomic E-state index is 0.00104. The van der Waals surface area contributed by atoms with Gasteiger partial charge in [0, 0.05) is 21.9 Å². The fourth-order valence-corrected chi connectivity index (χ4v) is 12.4. The zero-order valence-electron chi connectivity index (χ0n) is 54.1. The van der Waals surface area contributed by atoms with Gasteiger partial charge in [0.2, 0.25) is 0 Å². The lowest BCUT2D eigenvalue weighted by Gasteiger charge is -2.23. The SMILES string of the molecule is CC(C)(C)c1ccc(-c2cc(-c3c(-c4cccc(C(C)(C)C)c4)cccc3-c3cccc(C(C)(C)C)c3)cc3c2[nH]c2c(-c4ccc(C(C)(C)C)cc4)cc(-c4c(-c5cccc(C(C)(C)C)c5)cccc4-c4cccc(C(C)(C)C)c4)cc23)cc1. The van der Waals surface area contributed by atoms with Crippen LogP contribution in [0.15, 0.2) is 206 Å². The molecular weight excluding hydrogens is 1020 g/mol. The zero-order valence-corrected chi connectivity index (χ0v) is 54.1. The molecule has 1 nitrogen and oxygen atoms in total. The number of aromatic amines is 1. The van der Waals surface area contributed by atoms with Crippen molar-refractivity contribution in [3.8, 4) is 89.0 Å². The van der Waals surface area contributed by atoms with Crippen molar-refractivity contribution in [3.63, 3.8) is 0 Å². The van der Waals surface area contributed by atoms with Gasteiger partial charge in [-0.05, 0) is 168 Å². The molecule has 0 unspecified atom stereocenters. The van der Waals surface area contributed by atoms with Crippen molar-refractivity contribution >= 4 is 21.8 Å². The van der Waals surface area contributed by atoms with Gasteiger partial charge < -0.3 is 4.98 Å². The average molecular weight is 1110 g/mol. The summed E-state index contributed by atoms with van der Waals surface area (Å²) in [5.74, 6) is 0. The summed E-state index contributed by atoms with van der Waals surface area (Å²) in [4.78, 5) is 4.24. The maximum Gasteiger partial charge on any atom is 0.0545 e. The van der Waals surface area contributed by atoms with Crippen molar-refractivity contribution in [2.75, 3.05) is 0 Å². The largest absolute Gasteiger partial charge is 0.353 e. The van der Waals surface area contributed by atoms with Crippen LogP contribution in [-0.4, -0.2) is 4.98 Å². The molecule has 430 valence electrons. The predicted molar refractivity (Wildman–Crippen MR) is 371 cm³/mol. The Kier molecular flexibility index (Phi) is 14.9. The molecule has 11 aromatic rings. The second kappa shape index (κ2) is 21.5. The normalized spacial score (nSPS) is 12.8. The van der Waals surface area contributed by atoms with E-state index in [2.05, 4.69) is 336 Å². The lowest BCUT2D eigenvalue weighted by atomic mass is 9.81. The number of nitrogens with one attached hydrogen (secondary N) is 1. The van der Waals surface area contributed by atoms with Crippen LogP contribution in [-0.2, 0) is 32.5 Å². The minimum Gasteiger partial charge on any atom is -0.353 e. The van der Waals surface area contributed by atoms with Crippen LogP contribution in [0.3, 0.4) is 0 Å². The summed E-state index contributed by atoms with van der Waals surface area (Å²) < 4.78 is 0. The summed E-state index contributed by atoms with van der Waals surface area (Å²) in [7, 11) is 0. The lowest BCUT2D eigenvalue weighted by molar-refractivity contribution is 0.590. The van der Waals surface area contributed by atoms with Crippen molar-refractivity contribution in [2.45, 2.75) is 157 Å². The molecule has 0 saturated carbocycles. The summed E-state index contributed by atoms with van der Waals surface area (Å²) >= 11 is 0. The van der Waals surface area contributed by atoms with Gasteiger partial charge in [-0.2, -0.15) is 0 Å². The number of H-pyrrole nitrogens is 1. The van der Waals surface area contributed by atoms with Gasteiger partial charge in [-0.15, -0.1) is 0 Å². The molecule has 0 radical (unpaired) electrons. The first-order chi connectivity index (χ1) is 39.9. The Hall–Kier alpha value is -8.00. The molecule has 0 fully saturated rings. The number of rotatable bonds is 8. The fourth-order valence-electron chi connectivity index (χ4n) is 12.4. The van der Waals surface area contributed by atoms with Crippen molar-refractivity contribution in [1.29, 1.82) is 0 Å². The predicted octanol–water partition coefficient (Wildman–Crippen LogP) is 24.4. The van der Waals surface area contributed by atoms with Crippen molar-refractivity contribution in [3.05, 3.63) is 240 Å². The second-order valence-electron chi connectivity index (χ2n) is 30.5. The highest BCUT2D eigenvalue weighted by Gasteiger charge is 2.27. The highest BCUT2D eigenvalue weighted by molar-refractivity contribution is 6.19. The first-order valence-corrected chi connectivity index (χ1v) is 31.0. The monoisotopic (exact) mass is 1110 g/mol. The van der Waals surface area contributed by atoms with Gasteiger partial charge in [-0.3, -0.25) is 0 Å². The van der Waals surface area contributed by atoms with E-state index in [4.69, 9.17) is 0 Å². The molecule has 1 heteroatoms. The van der Waals surface area contributed by atoms with Crippen LogP contribution in [0.25, 0.3) is 111 Å². The second-order valence-corrected chi connectivity index (χ2v) is 30.5. The number of benzene rings is 10. The lowest BCUT2D eigenvalue weighted by Crippen LogP contribution is -2.11. The molecular formula is C84H89N. The minimum atomic E-state index is -0.0318.